The van der Waals surface area contributed by atoms with E-state index in [4.69, 9.17) is 4.98 Å². The van der Waals surface area contributed by atoms with E-state index in [9.17, 15) is 9.18 Å². The topological polar surface area (TPSA) is 46.1 Å². The number of amides is 1. The van der Waals surface area contributed by atoms with Crippen molar-refractivity contribution in [3.8, 4) is 0 Å². The first kappa shape index (κ1) is 20.5. The van der Waals surface area contributed by atoms with Gasteiger partial charge in [-0.2, -0.15) is 0 Å². The molecule has 0 unspecified atom stereocenters. The number of benzene rings is 2. The highest BCUT2D eigenvalue weighted by molar-refractivity contribution is 8.00. The van der Waals surface area contributed by atoms with Crippen LogP contribution in [-0.2, 0) is 11.3 Å². The molecule has 0 N–H and O–H groups in total. The van der Waals surface area contributed by atoms with Gasteiger partial charge in [-0.15, -0.1) is 11.8 Å². The molecule has 2 heterocycles. The molecule has 0 aliphatic carbocycles. The van der Waals surface area contributed by atoms with Gasteiger partial charge in [0, 0.05) is 11.1 Å². The summed E-state index contributed by atoms with van der Waals surface area (Å²) in [5.74, 6) is -0.128. The molecule has 2 aromatic carbocycles. The Kier molecular flexibility index (Phi) is 6.11. The maximum Gasteiger partial charge on any atom is 0.239 e. The van der Waals surface area contributed by atoms with Gasteiger partial charge in [0.25, 0.3) is 0 Å². The van der Waals surface area contributed by atoms with Crippen molar-refractivity contribution in [2.24, 2.45) is 0 Å². The zero-order valence-corrected chi connectivity index (χ0v) is 18.3. The summed E-state index contributed by atoms with van der Waals surface area (Å²) in [6.45, 7) is 4.48. The maximum absolute atomic E-state index is 13.2. The van der Waals surface area contributed by atoms with E-state index in [0.717, 1.165) is 20.8 Å². The fraction of sp³-hybridized carbons (Fsp3) is 0.174. The first-order chi connectivity index (χ1) is 14.5. The van der Waals surface area contributed by atoms with Crippen LogP contribution in [0.2, 0.25) is 0 Å². The van der Waals surface area contributed by atoms with Crippen LogP contribution in [0.25, 0.3) is 10.2 Å². The molecule has 0 radical (unpaired) electrons. The number of anilines is 1. The highest BCUT2D eigenvalue weighted by Crippen LogP contribution is 2.32. The summed E-state index contributed by atoms with van der Waals surface area (Å²) >= 11 is 2.89. The fourth-order valence-electron chi connectivity index (χ4n) is 2.95. The molecule has 0 atom stereocenters. The Hall–Kier alpha value is -2.77. The van der Waals surface area contributed by atoms with Gasteiger partial charge in [0.2, 0.25) is 5.91 Å². The summed E-state index contributed by atoms with van der Waals surface area (Å²) in [5, 5.41) is 0.658. The number of rotatable bonds is 6. The van der Waals surface area contributed by atoms with Crippen LogP contribution in [0.15, 0.2) is 65.7 Å². The van der Waals surface area contributed by atoms with Crippen LogP contribution in [0.4, 0.5) is 9.52 Å². The molecule has 4 nitrogen and oxygen atoms in total. The van der Waals surface area contributed by atoms with Gasteiger partial charge < -0.3 is 0 Å². The summed E-state index contributed by atoms with van der Waals surface area (Å²) in [6, 6.07) is 16.0. The van der Waals surface area contributed by atoms with Crippen LogP contribution < -0.4 is 4.90 Å². The van der Waals surface area contributed by atoms with Gasteiger partial charge >= 0.3 is 0 Å². The normalized spacial score (nSPS) is 11.0. The van der Waals surface area contributed by atoms with E-state index >= 15 is 0 Å². The largest absolute Gasteiger partial charge is 0.281 e. The molecule has 0 saturated carbocycles. The maximum atomic E-state index is 13.2. The third-order valence-corrected chi connectivity index (χ3v) is 6.78. The van der Waals surface area contributed by atoms with Gasteiger partial charge in [-0.1, -0.05) is 17.4 Å². The number of carbonyl (C=O) groups is 1. The van der Waals surface area contributed by atoms with Crippen molar-refractivity contribution >= 4 is 44.4 Å². The monoisotopic (exact) mass is 437 g/mol. The molecule has 0 aliphatic rings. The van der Waals surface area contributed by atoms with Crippen LogP contribution >= 0.6 is 23.1 Å². The van der Waals surface area contributed by atoms with Gasteiger partial charge in [0.05, 0.1) is 28.2 Å². The number of thioether (sulfide) groups is 1. The molecule has 152 valence electrons. The number of nitrogens with zero attached hydrogens (tertiary/aromatic N) is 3. The number of aryl methyl sites for hydroxylation is 2. The minimum absolute atomic E-state index is 0.0671. The predicted molar refractivity (Wildman–Crippen MR) is 122 cm³/mol. The lowest BCUT2D eigenvalue weighted by Crippen LogP contribution is -2.32. The first-order valence-electron chi connectivity index (χ1n) is 9.46. The molecule has 30 heavy (non-hydrogen) atoms. The third kappa shape index (κ3) is 4.68. The molecule has 7 heteroatoms. The standard InChI is InChI=1S/C23H20FN3OS2/c1-15-11-20-21(12-16(15)2)30-23(26-20)27(13-18-5-3-4-10-25-18)22(28)14-29-19-8-6-17(24)7-9-19/h3-12H,13-14H2,1-2H3. The Morgan fingerprint density at radius 1 is 1.10 bits per heavy atom. The number of carbonyl (C=O) groups excluding carboxylic acids is 1. The number of fused-ring (bicyclic) bond motifs is 1. The van der Waals surface area contributed by atoms with Crippen molar-refractivity contribution in [1.29, 1.82) is 0 Å². The molecule has 2 aromatic heterocycles. The molecule has 0 fully saturated rings. The summed E-state index contributed by atoms with van der Waals surface area (Å²) in [5.41, 5.74) is 4.06. The van der Waals surface area contributed by atoms with Crippen LogP contribution in [0.1, 0.15) is 16.8 Å². The van der Waals surface area contributed by atoms with E-state index in [1.807, 2.05) is 18.2 Å². The van der Waals surface area contributed by atoms with Gasteiger partial charge in [-0.25, -0.2) is 9.37 Å². The van der Waals surface area contributed by atoms with E-state index in [0.29, 0.717) is 11.7 Å². The van der Waals surface area contributed by atoms with Crippen molar-refractivity contribution in [3.63, 3.8) is 0 Å². The smallest absolute Gasteiger partial charge is 0.239 e. The van der Waals surface area contributed by atoms with Crippen molar-refractivity contribution in [2.45, 2.75) is 25.3 Å². The highest BCUT2D eigenvalue weighted by Gasteiger charge is 2.21. The van der Waals surface area contributed by atoms with Crippen molar-refractivity contribution < 1.29 is 9.18 Å². The number of hydrogen-bond acceptors (Lipinski definition) is 5. The second-order valence-electron chi connectivity index (χ2n) is 6.94. The minimum atomic E-state index is -0.289. The number of thiazole rings is 1. The Balaban J connectivity index is 1.62. The van der Waals surface area contributed by atoms with Gasteiger partial charge in [-0.3, -0.25) is 14.7 Å². The van der Waals surface area contributed by atoms with Crippen molar-refractivity contribution in [3.05, 3.63) is 83.4 Å². The lowest BCUT2D eigenvalue weighted by Gasteiger charge is -2.19. The Morgan fingerprint density at radius 2 is 1.87 bits per heavy atom. The molecule has 0 saturated heterocycles. The quantitative estimate of drug-likeness (QED) is 0.359. The minimum Gasteiger partial charge on any atom is -0.281 e. The molecule has 4 rings (SSSR count). The van der Waals surface area contributed by atoms with Crippen molar-refractivity contribution in [2.75, 3.05) is 10.7 Å². The number of aromatic nitrogens is 2. The zero-order chi connectivity index (χ0) is 21.1. The summed E-state index contributed by atoms with van der Waals surface area (Å²) in [4.78, 5) is 24.8. The Labute approximate surface area is 182 Å². The van der Waals surface area contributed by atoms with Gasteiger partial charge in [-0.05, 0) is 73.5 Å². The molecule has 0 aliphatic heterocycles. The van der Waals surface area contributed by atoms with E-state index in [-0.39, 0.29) is 17.5 Å². The second kappa shape index (κ2) is 8.93. The molecule has 0 bridgehead atoms. The predicted octanol–water partition coefficient (Wildman–Crippen LogP) is 5.77. The fourth-order valence-corrected chi connectivity index (χ4v) is 4.79. The number of halogens is 1. The average Bonchev–Trinajstić information content (AvgIpc) is 3.14. The van der Waals surface area contributed by atoms with E-state index in [2.05, 4.69) is 31.0 Å². The average molecular weight is 438 g/mol. The zero-order valence-electron chi connectivity index (χ0n) is 16.6. The van der Waals surface area contributed by atoms with Crippen LogP contribution in [-0.4, -0.2) is 21.6 Å². The summed E-state index contributed by atoms with van der Waals surface area (Å²) in [7, 11) is 0. The van der Waals surface area contributed by atoms with Crippen LogP contribution in [0.3, 0.4) is 0 Å². The first-order valence-corrected chi connectivity index (χ1v) is 11.3. The SMILES string of the molecule is Cc1cc2nc(N(Cc3ccccn3)C(=O)CSc3ccc(F)cc3)sc2cc1C. The lowest BCUT2D eigenvalue weighted by atomic mass is 10.1. The lowest BCUT2D eigenvalue weighted by molar-refractivity contribution is -0.116. The third-order valence-electron chi connectivity index (χ3n) is 4.75. The van der Waals surface area contributed by atoms with Crippen molar-refractivity contribution in [1.82, 2.24) is 9.97 Å². The molecule has 0 spiro atoms. The summed E-state index contributed by atoms with van der Waals surface area (Å²) in [6.07, 6.45) is 1.72. The molecular weight excluding hydrogens is 417 g/mol. The van der Waals surface area contributed by atoms with E-state index in [1.165, 1.54) is 46.4 Å². The Bertz CT molecular complexity index is 1140. The number of pyridine rings is 1. The molecule has 4 aromatic rings. The Morgan fingerprint density at radius 3 is 2.60 bits per heavy atom. The van der Waals surface area contributed by atoms with E-state index in [1.54, 1.807) is 23.2 Å². The second-order valence-corrected chi connectivity index (χ2v) is 9.00. The molecule has 1 amide bonds. The molecular formula is C23H20FN3OS2. The van der Waals surface area contributed by atoms with E-state index < -0.39 is 0 Å². The van der Waals surface area contributed by atoms with Crippen LogP contribution in [0.5, 0.6) is 0 Å². The van der Waals surface area contributed by atoms with Gasteiger partial charge in [0.15, 0.2) is 5.13 Å². The van der Waals surface area contributed by atoms with Crippen LogP contribution in [0, 0.1) is 19.7 Å². The summed E-state index contributed by atoms with van der Waals surface area (Å²) < 4.78 is 14.2. The number of hydrogen-bond donors (Lipinski definition) is 0. The highest BCUT2D eigenvalue weighted by atomic mass is 32.2. The van der Waals surface area contributed by atoms with Gasteiger partial charge in [0.1, 0.15) is 5.82 Å².